The molecule has 0 aliphatic heterocycles. The van der Waals surface area contributed by atoms with Gasteiger partial charge < -0.3 is 4.74 Å². The number of methoxy groups -OCH3 is 1. The number of aryl methyl sites for hydroxylation is 1. The molecule has 0 saturated carbocycles. The van der Waals surface area contributed by atoms with Crippen molar-refractivity contribution in [3.63, 3.8) is 0 Å². The van der Waals surface area contributed by atoms with E-state index in [1.54, 1.807) is 12.1 Å². The van der Waals surface area contributed by atoms with Gasteiger partial charge in [-0.25, -0.2) is 17.7 Å². The SMILES string of the molecule is COc1ccc(C(=O)Nc2nc(-c3ccc(Cl)cc3)c(C)s2)cc1S(=O)(=O)N(C)C. The Morgan fingerprint density at radius 2 is 1.83 bits per heavy atom. The van der Waals surface area contributed by atoms with E-state index in [0.717, 1.165) is 20.4 Å². The second-order valence-corrected chi connectivity index (χ2v) is 10.3. The number of halogens is 1. The maximum Gasteiger partial charge on any atom is 0.257 e. The van der Waals surface area contributed by atoms with Gasteiger partial charge in [-0.15, -0.1) is 11.3 Å². The number of sulfonamides is 1. The lowest BCUT2D eigenvalue weighted by molar-refractivity contribution is 0.102. The first-order chi connectivity index (χ1) is 14.1. The normalized spacial score (nSPS) is 11.5. The largest absolute Gasteiger partial charge is 0.495 e. The molecule has 1 aromatic heterocycles. The molecule has 1 N–H and O–H groups in total. The maximum absolute atomic E-state index is 12.8. The third-order valence-corrected chi connectivity index (χ3v) is 7.29. The van der Waals surface area contributed by atoms with Gasteiger partial charge in [0.2, 0.25) is 10.0 Å². The minimum Gasteiger partial charge on any atom is -0.495 e. The Balaban J connectivity index is 1.90. The molecule has 0 spiro atoms. The van der Waals surface area contributed by atoms with Crippen LogP contribution in [0.1, 0.15) is 15.2 Å². The predicted molar refractivity (Wildman–Crippen MR) is 119 cm³/mol. The first-order valence-electron chi connectivity index (χ1n) is 8.78. The Morgan fingerprint density at radius 1 is 1.17 bits per heavy atom. The van der Waals surface area contributed by atoms with Gasteiger partial charge in [-0.05, 0) is 37.3 Å². The molecule has 0 radical (unpaired) electrons. The molecule has 0 aliphatic rings. The zero-order valence-corrected chi connectivity index (χ0v) is 19.2. The van der Waals surface area contributed by atoms with Crippen LogP contribution in [-0.4, -0.2) is 44.8 Å². The number of amides is 1. The maximum atomic E-state index is 12.8. The van der Waals surface area contributed by atoms with Crippen molar-refractivity contribution in [2.24, 2.45) is 0 Å². The van der Waals surface area contributed by atoms with Crippen LogP contribution < -0.4 is 10.1 Å². The summed E-state index contributed by atoms with van der Waals surface area (Å²) in [5.41, 5.74) is 1.81. The van der Waals surface area contributed by atoms with Crippen molar-refractivity contribution in [2.45, 2.75) is 11.8 Å². The van der Waals surface area contributed by atoms with E-state index in [1.807, 2.05) is 19.1 Å². The second-order valence-electron chi connectivity index (χ2n) is 6.54. The van der Waals surface area contributed by atoms with Gasteiger partial charge in [0.1, 0.15) is 10.6 Å². The smallest absolute Gasteiger partial charge is 0.257 e. The Kier molecular flexibility index (Phi) is 6.47. The van der Waals surface area contributed by atoms with E-state index in [4.69, 9.17) is 16.3 Å². The van der Waals surface area contributed by atoms with E-state index in [0.29, 0.717) is 10.2 Å². The molecule has 1 amide bonds. The van der Waals surface area contributed by atoms with Crippen LogP contribution in [-0.2, 0) is 10.0 Å². The molecule has 30 heavy (non-hydrogen) atoms. The minimum atomic E-state index is -3.79. The highest BCUT2D eigenvalue weighted by Gasteiger charge is 2.24. The summed E-state index contributed by atoms with van der Waals surface area (Å²) in [5, 5.41) is 3.78. The van der Waals surface area contributed by atoms with E-state index >= 15 is 0 Å². The molecule has 3 rings (SSSR count). The molecular formula is C20H20ClN3O4S2. The number of rotatable bonds is 6. The quantitative estimate of drug-likeness (QED) is 0.586. The van der Waals surface area contributed by atoms with Gasteiger partial charge >= 0.3 is 0 Å². The number of hydrogen-bond donors (Lipinski definition) is 1. The van der Waals surface area contributed by atoms with Gasteiger partial charge in [-0.3, -0.25) is 10.1 Å². The van der Waals surface area contributed by atoms with Crippen molar-refractivity contribution in [2.75, 3.05) is 26.5 Å². The molecule has 158 valence electrons. The third-order valence-electron chi connectivity index (χ3n) is 4.32. The summed E-state index contributed by atoms with van der Waals surface area (Å²) in [4.78, 5) is 18.1. The summed E-state index contributed by atoms with van der Waals surface area (Å²) in [5.74, 6) is -0.306. The van der Waals surface area contributed by atoms with Crippen molar-refractivity contribution < 1.29 is 17.9 Å². The molecule has 0 unspecified atom stereocenters. The fourth-order valence-electron chi connectivity index (χ4n) is 2.71. The van der Waals surface area contributed by atoms with Crippen LogP contribution in [0.5, 0.6) is 5.75 Å². The average molecular weight is 466 g/mol. The molecule has 0 fully saturated rings. The van der Waals surface area contributed by atoms with Crippen LogP contribution in [0.4, 0.5) is 5.13 Å². The summed E-state index contributed by atoms with van der Waals surface area (Å²) in [6.45, 7) is 1.91. The Bertz CT molecular complexity index is 1190. The number of ether oxygens (including phenoxy) is 1. The van der Waals surface area contributed by atoms with Gasteiger partial charge in [0, 0.05) is 35.1 Å². The van der Waals surface area contributed by atoms with Gasteiger partial charge in [0.05, 0.1) is 12.8 Å². The number of nitrogens with one attached hydrogen (secondary N) is 1. The zero-order chi connectivity index (χ0) is 22.1. The summed E-state index contributed by atoms with van der Waals surface area (Å²) in [7, 11) is 0.419. The summed E-state index contributed by atoms with van der Waals surface area (Å²) in [6.07, 6.45) is 0. The Hall–Kier alpha value is -2.46. The second kappa shape index (κ2) is 8.73. The molecule has 0 saturated heterocycles. The molecule has 1 heterocycles. The van der Waals surface area contributed by atoms with E-state index in [-0.39, 0.29) is 16.2 Å². The summed E-state index contributed by atoms with van der Waals surface area (Å²) < 4.78 is 31.4. The van der Waals surface area contributed by atoms with Crippen molar-refractivity contribution in [1.29, 1.82) is 0 Å². The minimum absolute atomic E-state index is 0.0835. The van der Waals surface area contributed by atoms with Gasteiger partial charge in [0.15, 0.2) is 5.13 Å². The molecule has 0 atom stereocenters. The van der Waals surface area contributed by atoms with Gasteiger partial charge in [0.25, 0.3) is 5.91 Å². The first kappa shape index (κ1) is 22.2. The standard InChI is InChI=1S/C20H20ClN3O4S2/c1-12-18(13-5-8-15(21)9-6-13)22-20(29-12)23-19(25)14-7-10-16(28-4)17(11-14)30(26,27)24(2)3/h5-11H,1-4H3,(H,22,23,25). The fraction of sp³-hybridized carbons (Fsp3) is 0.200. The lowest BCUT2D eigenvalue weighted by atomic mass is 10.1. The molecule has 0 aliphatic carbocycles. The Morgan fingerprint density at radius 3 is 2.43 bits per heavy atom. The third kappa shape index (κ3) is 4.49. The highest BCUT2D eigenvalue weighted by Crippen LogP contribution is 2.32. The van der Waals surface area contributed by atoms with Crippen molar-refractivity contribution >= 4 is 44.0 Å². The number of anilines is 1. The monoisotopic (exact) mass is 465 g/mol. The summed E-state index contributed by atoms with van der Waals surface area (Å²) >= 11 is 7.27. The number of nitrogens with zero attached hydrogens (tertiary/aromatic N) is 2. The van der Waals surface area contributed by atoms with Crippen LogP contribution in [0.25, 0.3) is 11.3 Å². The number of benzene rings is 2. The molecule has 7 nitrogen and oxygen atoms in total. The number of carbonyl (C=O) groups is 1. The van der Waals surface area contributed by atoms with Crippen LogP contribution in [0.2, 0.25) is 5.02 Å². The van der Waals surface area contributed by atoms with Crippen LogP contribution in [0, 0.1) is 6.92 Å². The predicted octanol–water partition coefficient (Wildman–Crippen LogP) is 4.28. The topological polar surface area (TPSA) is 88.6 Å². The van der Waals surface area contributed by atoms with E-state index in [9.17, 15) is 13.2 Å². The summed E-state index contributed by atoms with van der Waals surface area (Å²) in [6, 6.07) is 11.5. The average Bonchev–Trinajstić information content (AvgIpc) is 3.07. The molecule has 10 heteroatoms. The first-order valence-corrected chi connectivity index (χ1v) is 11.4. The molecule has 2 aromatic carbocycles. The number of thiazole rings is 1. The lowest BCUT2D eigenvalue weighted by Gasteiger charge is -2.15. The van der Waals surface area contributed by atoms with Crippen LogP contribution >= 0.6 is 22.9 Å². The fourth-order valence-corrected chi connectivity index (χ4v) is 4.74. The van der Waals surface area contributed by atoms with Gasteiger partial charge in [-0.2, -0.15) is 0 Å². The molecular weight excluding hydrogens is 446 g/mol. The number of carbonyl (C=O) groups excluding carboxylic acids is 1. The highest BCUT2D eigenvalue weighted by molar-refractivity contribution is 7.89. The highest BCUT2D eigenvalue weighted by atomic mass is 35.5. The van der Waals surface area contributed by atoms with Crippen molar-refractivity contribution in [1.82, 2.24) is 9.29 Å². The molecule has 3 aromatic rings. The van der Waals surface area contributed by atoms with E-state index in [1.165, 1.54) is 50.7 Å². The van der Waals surface area contributed by atoms with Crippen LogP contribution in [0.15, 0.2) is 47.4 Å². The van der Waals surface area contributed by atoms with E-state index < -0.39 is 15.9 Å². The van der Waals surface area contributed by atoms with Gasteiger partial charge in [-0.1, -0.05) is 23.7 Å². The van der Waals surface area contributed by atoms with Crippen molar-refractivity contribution in [3.8, 4) is 17.0 Å². The number of aromatic nitrogens is 1. The Labute approximate surface area is 184 Å². The molecule has 0 bridgehead atoms. The van der Waals surface area contributed by atoms with Crippen LogP contribution in [0.3, 0.4) is 0 Å². The zero-order valence-electron chi connectivity index (χ0n) is 16.8. The van der Waals surface area contributed by atoms with Crippen molar-refractivity contribution in [3.05, 3.63) is 57.9 Å². The number of hydrogen-bond acceptors (Lipinski definition) is 6. The van der Waals surface area contributed by atoms with E-state index in [2.05, 4.69) is 10.3 Å². The lowest BCUT2D eigenvalue weighted by Crippen LogP contribution is -2.23.